The van der Waals surface area contributed by atoms with Gasteiger partial charge in [-0.3, -0.25) is 0 Å². The number of rotatable bonds is 7. The van der Waals surface area contributed by atoms with Crippen LogP contribution in [0, 0.1) is 23.7 Å². The predicted octanol–water partition coefficient (Wildman–Crippen LogP) is 16.9. The number of hydrogen-bond acceptors (Lipinski definition) is 2. The Kier molecular flexibility index (Phi) is 7.90. The molecule has 0 heterocycles. The zero-order chi connectivity index (χ0) is 41.9. The van der Waals surface area contributed by atoms with Crippen LogP contribution in [-0.4, -0.2) is 0 Å². The van der Waals surface area contributed by atoms with E-state index in [1.807, 2.05) is 0 Å². The molecule has 4 fully saturated rings. The summed E-state index contributed by atoms with van der Waals surface area (Å²) in [5, 5.41) is 7.68. The van der Waals surface area contributed by atoms with E-state index in [-0.39, 0.29) is 5.41 Å². The molecule has 0 atom stereocenters. The van der Waals surface area contributed by atoms with Gasteiger partial charge in [-0.05, 0) is 165 Å². The molecule has 2 nitrogen and oxygen atoms in total. The largest absolute Gasteiger partial charge is 0.310 e. The van der Waals surface area contributed by atoms with Gasteiger partial charge < -0.3 is 9.80 Å². The minimum absolute atomic E-state index is 0.00223. The number of anilines is 6. The van der Waals surface area contributed by atoms with Crippen LogP contribution in [-0.2, 0) is 5.41 Å². The molecule has 2 heteroatoms. The van der Waals surface area contributed by atoms with Gasteiger partial charge in [0.2, 0.25) is 0 Å². The number of hydrogen-bond donors (Lipinski definition) is 0. The van der Waals surface area contributed by atoms with E-state index >= 15 is 0 Å². The highest BCUT2D eigenvalue weighted by molar-refractivity contribution is 6.28. The summed E-state index contributed by atoms with van der Waals surface area (Å²) < 4.78 is 0. The Balaban J connectivity index is 1.05. The molecule has 5 aliphatic carbocycles. The maximum atomic E-state index is 2.68. The van der Waals surface area contributed by atoms with Crippen LogP contribution in [0.4, 0.5) is 34.1 Å². The van der Waals surface area contributed by atoms with E-state index in [0.29, 0.717) is 11.8 Å². The second-order valence-corrected chi connectivity index (χ2v) is 19.3. The van der Waals surface area contributed by atoms with Gasteiger partial charge in [0, 0.05) is 33.2 Å². The van der Waals surface area contributed by atoms with Crippen molar-refractivity contribution in [2.75, 3.05) is 9.80 Å². The zero-order valence-electron chi connectivity index (χ0n) is 35.9. The first-order chi connectivity index (χ1) is 31.7. The average Bonchev–Trinajstić information content (AvgIpc) is 3.65. The van der Waals surface area contributed by atoms with Crippen LogP contribution < -0.4 is 9.80 Å². The molecule has 15 rings (SSSR count). The highest BCUT2D eigenvalue weighted by atomic mass is 15.2. The fourth-order valence-corrected chi connectivity index (χ4v) is 14.0. The van der Waals surface area contributed by atoms with Crippen molar-refractivity contribution < 1.29 is 0 Å². The molecule has 10 aromatic rings. The summed E-state index contributed by atoms with van der Waals surface area (Å²) >= 11 is 0. The Hall–Kier alpha value is -7.16. The quantitative estimate of drug-likeness (QED) is 0.148. The SMILES string of the molecule is c1ccc(-c2cccc(N(c3cccc4c3C3(c5ccccc5-4)C4CC5CC(C4)CC3C5)c3ccc4ccc5c(N(c6ccccc6)c6ccccc6)ccc6ccc3c4c65)c2)cc1. The number of nitrogens with zero attached hydrogens (tertiary/aromatic N) is 2. The lowest BCUT2D eigenvalue weighted by Gasteiger charge is -2.61. The molecule has 0 radical (unpaired) electrons. The Bertz CT molecular complexity index is 3340. The van der Waals surface area contributed by atoms with Gasteiger partial charge >= 0.3 is 0 Å². The van der Waals surface area contributed by atoms with Gasteiger partial charge in [0.15, 0.2) is 0 Å². The first kappa shape index (κ1) is 36.3. The summed E-state index contributed by atoms with van der Waals surface area (Å²) in [5.74, 6) is 3.05. The average molecular weight is 821 g/mol. The van der Waals surface area contributed by atoms with Gasteiger partial charge in [-0.2, -0.15) is 0 Å². The third-order valence-electron chi connectivity index (χ3n) is 16.1. The Labute approximate surface area is 375 Å². The maximum absolute atomic E-state index is 2.68. The monoisotopic (exact) mass is 820 g/mol. The van der Waals surface area contributed by atoms with Crippen molar-refractivity contribution in [3.05, 3.63) is 217 Å². The molecule has 0 unspecified atom stereocenters. The van der Waals surface area contributed by atoms with Crippen molar-refractivity contribution in [2.24, 2.45) is 23.7 Å². The highest BCUT2D eigenvalue weighted by Crippen LogP contribution is 2.71. The Morgan fingerprint density at radius 2 is 0.859 bits per heavy atom. The molecule has 0 aliphatic heterocycles. The van der Waals surface area contributed by atoms with Crippen LogP contribution in [0.5, 0.6) is 0 Å². The van der Waals surface area contributed by atoms with E-state index < -0.39 is 0 Å². The fourth-order valence-electron chi connectivity index (χ4n) is 14.0. The molecule has 4 bridgehead atoms. The van der Waals surface area contributed by atoms with Crippen LogP contribution in [0.3, 0.4) is 0 Å². The summed E-state index contributed by atoms with van der Waals surface area (Å²) in [6.45, 7) is 0. The van der Waals surface area contributed by atoms with Crippen LogP contribution in [0.2, 0.25) is 0 Å². The Morgan fingerprint density at radius 1 is 0.359 bits per heavy atom. The molecular formula is C62H48N2. The van der Waals surface area contributed by atoms with Gasteiger partial charge in [-0.25, -0.2) is 0 Å². The van der Waals surface area contributed by atoms with Crippen LogP contribution in [0.25, 0.3) is 54.6 Å². The number of benzene rings is 10. The van der Waals surface area contributed by atoms with Crippen LogP contribution in [0.1, 0.15) is 43.2 Å². The molecule has 306 valence electrons. The van der Waals surface area contributed by atoms with Crippen molar-refractivity contribution in [3.63, 3.8) is 0 Å². The van der Waals surface area contributed by atoms with Crippen molar-refractivity contribution in [3.8, 4) is 22.3 Å². The molecule has 64 heavy (non-hydrogen) atoms. The molecule has 0 saturated heterocycles. The summed E-state index contributed by atoms with van der Waals surface area (Å²) in [6, 6.07) is 77.7. The topological polar surface area (TPSA) is 6.48 Å². The van der Waals surface area contributed by atoms with Gasteiger partial charge in [0.1, 0.15) is 0 Å². The molecule has 0 amide bonds. The fraction of sp³-hybridized carbons (Fsp3) is 0.161. The second kappa shape index (κ2) is 13.9. The van der Waals surface area contributed by atoms with Crippen molar-refractivity contribution in [1.29, 1.82) is 0 Å². The van der Waals surface area contributed by atoms with Gasteiger partial charge in [0.05, 0.1) is 17.1 Å². The summed E-state index contributed by atoms with van der Waals surface area (Å²) in [4.78, 5) is 5.10. The third kappa shape index (κ3) is 5.14. The first-order valence-corrected chi connectivity index (χ1v) is 23.5. The molecule has 10 aromatic carbocycles. The number of para-hydroxylation sites is 2. The van der Waals surface area contributed by atoms with E-state index in [4.69, 9.17) is 0 Å². The summed E-state index contributed by atoms with van der Waals surface area (Å²) in [7, 11) is 0. The van der Waals surface area contributed by atoms with E-state index in [2.05, 4.69) is 216 Å². The van der Waals surface area contributed by atoms with Gasteiger partial charge in [-0.1, -0.05) is 152 Å². The van der Waals surface area contributed by atoms with Crippen LogP contribution >= 0.6 is 0 Å². The standard InChI is InChI=1S/C62H48N2/c1-4-14-42(15-5-1)45-16-12-21-50(39-45)64(58-25-13-23-52-51-22-10-11-24-55(51)62(61(52)58)46-35-40-34-41(37-46)38-47(62)36-40)57-33-29-44-26-30-53-56(32-28-43-27-31-54(57)60(44)59(43)53)63(48-17-6-2-7-18-48)49-19-8-3-9-20-49/h1-33,39-41,46-47H,34-38H2. The first-order valence-electron chi connectivity index (χ1n) is 23.5. The molecule has 0 aromatic heterocycles. The van der Waals surface area contributed by atoms with E-state index in [1.54, 1.807) is 11.1 Å². The highest BCUT2D eigenvalue weighted by Gasteiger charge is 2.62. The number of fused-ring (bicyclic) bond motifs is 3. The van der Waals surface area contributed by atoms with E-state index in [1.165, 1.54) is 109 Å². The lowest BCUT2D eigenvalue weighted by Crippen LogP contribution is -2.55. The molecule has 1 spiro atoms. The maximum Gasteiger partial charge on any atom is 0.0540 e. The zero-order valence-corrected chi connectivity index (χ0v) is 35.9. The lowest BCUT2D eigenvalue weighted by molar-refractivity contribution is -0.0397. The van der Waals surface area contributed by atoms with Crippen molar-refractivity contribution in [2.45, 2.75) is 37.5 Å². The minimum atomic E-state index is 0.00223. The summed E-state index contributed by atoms with van der Waals surface area (Å²) in [5.41, 5.74) is 15.7. The van der Waals surface area contributed by atoms with E-state index in [9.17, 15) is 0 Å². The van der Waals surface area contributed by atoms with Crippen molar-refractivity contribution in [1.82, 2.24) is 0 Å². The Morgan fingerprint density at radius 3 is 1.50 bits per heavy atom. The minimum Gasteiger partial charge on any atom is -0.310 e. The molecule has 0 N–H and O–H groups in total. The van der Waals surface area contributed by atoms with Crippen LogP contribution in [0.15, 0.2) is 206 Å². The smallest absolute Gasteiger partial charge is 0.0540 e. The third-order valence-corrected chi connectivity index (χ3v) is 16.1. The second-order valence-electron chi connectivity index (χ2n) is 19.3. The lowest BCUT2D eigenvalue weighted by atomic mass is 9.43. The van der Waals surface area contributed by atoms with Crippen molar-refractivity contribution >= 4 is 66.4 Å². The molecule has 4 saturated carbocycles. The predicted molar refractivity (Wildman–Crippen MR) is 268 cm³/mol. The van der Waals surface area contributed by atoms with Gasteiger partial charge in [-0.15, -0.1) is 0 Å². The molecular weight excluding hydrogens is 773 g/mol. The normalized spacial score (nSPS) is 21.5. The van der Waals surface area contributed by atoms with E-state index in [0.717, 1.165) is 23.2 Å². The summed E-state index contributed by atoms with van der Waals surface area (Å²) in [6.07, 6.45) is 6.84. The molecule has 5 aliphatic rings. The van der Waals surface area contributed by atoms with Gasteiger partial charge in [0.25, 0.3) is 0 Å².